The highest BCUT2D eigenvalue weighted by Crippen LogP contribution is 2.42. The van der Waals surface area contributed by atoms with E-state index in [0.29, 0.717) is 5.39 Å². The van der Waals surface area contributed by atoms with E-state index < -0.39 is 29.3 Å². The Kier molecular flexibility index (Phi) is 5.47. The van der Waals surface area contributed by atoms with Crippen molar-refractivity contribution in [3.8, 4) is 0 Å². The summed E-state index contributed by atoms with van der Waals surface area (Å²) < 4.78 is 41.9. The molecular formula is C21H24F3NO2. The molecule has 3 rings (SSSR count). The number of carbonyl (C=O) groups excluding carboxylic acids is 1. The van der Waals surface area contributed by atoms with E-state index in [9.17, 15) is 23.1 Å². The first-order valence-corrected chi connectivity index (χ1v) is 9.33. The summed E-state index contributed by atoms with van der Waals surface area (Å²) in [7, 11) is 0. The largest absolute Gasteiger partial charge is 0.430 e. The molecule has 1 aliphatic rings. The zero-order chi connectivity index (χ0) is 19.7. The van der Waals surface area contributed by atoms with Crippen molar-refractivity contribution in [2.75, 3.05) is 0 Å². The minimum atomic E-state index is -5.15. The van der Waals surface area contributed by atoms with Gasteiger partial charge < -0.3 is 10.4 Å². The van der Waals surface area contributed by atoms with Crippen molar-refractivity contribution in [2.24, 2.45) is 5.92 Å². The quantitative estimate of drug-likeness (QED) is 0.811. The Labute approximate surface area is 156 Å². The Morgan fingerprint density at radius 3 is 2.37 bits per heavy atom. The summed E-state index contributed by atoms with van der Waals surface area (Å²) in [5, 5.41) is 13.9. The van der Waals surface area contributed by atoms with Crippen LogP contribution in [0.15, 0.2) is 42.5 Å². The fraction of sp³-hybridized carbons (Fsp3) is 0.476. The number of hydrogen-bond donors (Lipinski definition) is 2. The Morgan fingerprint density at radius 1 is 1.07 bits per heavy atom. The van der Waals surface area contributed by atoms with Crippen LogP contribution in [0.25, 0.3) is 10.8 Å². The van der Waals surface area contributed by atoms with Crippen molar-refractivity contribution < 1.29 is 23.1 Å². The number of fused-ring (bicyclic) bond motifs is 1. The number of aliphatic hydroxyl groups is 1. The van der Waals surface area contributed by atoms with Gasteiger partial charge in [-0.05, 0) is 36.5 Å². The number of alkyl halides is 3. The van der Waals surface area contributed by atoms with E-state index >= 15 is 0 Å². The summed E-state index contributed by atoms with van der Waals surface area (Å²) in [6, 6.07) is 10.2. The van der Waals surface area contributed by atoms with Crippen LogP contribution in [-0.2, 0) is 10.4 Å². The van der Waals surface area contributed by atoms with Crippen LogP contribution >= 0.6 is 0 Å². The fourth-order valence-electron chi connectivity index (χ4n) is 4.01. The van der Waals surface area contributed by atoms with Crippen molar-refractivity contribution in [1.82, 2.24) is 5.32 Å². The third-order valence-electron chi connectivity index (χ3n) is 5.63. The average Bonchev–Trinajstić information content (AvgIpc) is 2.66. The van der Waals surface area contributed by atoms with Crippen molar-refractivity contribution in [2.45, 2.75) is 56.8 Å². The molecule has 0 aliphatic heterocycles. The molecule has 0 unspecified atom stereocenters. The highest BCUT2D eigenvalue weighted by Gasteiger charge is 2.61. The molecule has 6 heteroatoms. The molecule has 0 heterocycles. The van der Waals surface area contributed by atoms with Gasteiger partial charge in [0.1, 0.15) is 0 Å². The SMILES string of the molecule is C[C@@H](NC(=O)[C@@](O)(c1cccc2ccccc12)C(F)(F)F)C1CCCCC1. The zero-order valence-electron chi connectivity index (χ0n) is 15.2. The van der Waals surface area contributed by atoms with Gasteiger partial charge in [0.15, 0.2) is 0 Å². The molecule has 27 heavy (non-hydrogen) atoms. The standard InChI is InChI=1S/C21H24F3NO2/c1-14(15-8-3-2-4-9-15)25-19(26)20(27,21(22,23)24)18-13-7-11-16-10-5-6-12-17(16)18/h5-7,10-15,27H,2-4,8-9H2,1H3,(H,25,26)/t14-,20+/m1/s1. The fourth-order valence-corrected chi connectivity index (χ4v) is 4.01. The number of halogens is 3. The molecule has 0 spiro atoms. The monoisotopic (exact) mass is 379 g/mol. The van der Waals surface area contributed by atoms with Gasteiger partial charge in [0.05, 0.1) is 0 Å². The van der Waals surface area contributed by atoms with E-state index in [1.54, 1.807) is 31.2 Å². The summed E-state index contributed by atoms with van der Waals surface area (Å²) in [5.41, 5.74) is -4.04. The molecule has 2 atom stereocenters. The molecule has 1 aliphatic carbocycles. The Morgan fingerprint density at radius 2 is 1.70 bits per heavy atom. The van der Waals surface area contributed by atoms with E-state index in [2.05, 4.69) is 5.32 Å². The molecular weight excluding hydrogens is 355 g/mol. The maximum absolute atomic E-state index is 14.0. The van der Waals surface area contributed by atoms with Crippen LogP contribution in [0.4, 0.5) is 13.2 Å². The number of hydrogen-bond acceptors (Lipinski definition) is 2. The third kappa shape index (κ3) is 3.68. The van der Waals surface area contributed by atoms with Crippen molar-refractivity contribution in [3.05, 3.63) is 48.0 Å². The average molecular weight is 379 g/mol. The second-order valence-electron chi connectivity index (χ2n) is 7.40. The topological polar surface area (TPSA) is 49.3 Å². The van der Waals surface area contributed by atoms with Crippen LogP contribution in [0.1, 0.15) is 44.6 Å². The van der Waals surface area contributed by atoms with Gasteiger partial charge in [0, 0.05) is 11.6 Å². The van der Waals surface area contributed by atoms with Gasteiger partial charge in [-0.3, -0.25) is 4.79 Å². The first kappa shape index (κ1) is 19.7. The number of benzene rings is 2. The molecule has 0 bridgehead atoms. The molecule has 1 amide bonds. The van der Waals surface area contributed by atoms with Crippen LogP contribution in [-0.4, -0.2) is 23.2 Å². The van der Waals surface area contributed by atoms with Crippen LogP contribution < -0.4 is 5.32 Å². The highest BCUT2D eigenvalue weighted by molar-refractivity contribution is 5.95. The van der Waals surface area contributed by atoms with Gasteiger partial charge in [-0.15, -0.1) is 0 Å². The minimum Gasteiger partial charge on any atom is -0.368 e. The smallest absolute Gasteiger partial charge is 0.368 e. The Hall–Kier alpha value is -2.08. The van der Waals surface area contributed by atoms with E-state index in [0.717, 1.165) is 32.1 Å². The number of amides is 1. The number of rotatable bonds is 4. The summed E-state index contributed by atoms with van der Waals surface area (Å²) in [6.07, 6.45) is -0.261. The van der Waals surface area contributed by atoms with E-state index in [1.165, 1.54) is 18.2 Å². The normalized spacial score (nSPS) is 19.4. The van der Waals surface area contributed by atoms with Crippen molar-refractivity contribution in [3.63, 3.8) is 0 Å². The number of nitrogens with one attached hydrogen (secondary N) is 1. The second-order valence-corrected chi connectivity index (χ2v) is 7.40. The van der Waals surface area contributed by atoms with Gasteiger partial charge in [0.25, 0.3) is 11.5 Å². The van der Waals surface area contributed by atoms with Crippen LogP contribution in [0.2, 0.25) is 0 Å². The molecule has 1 fully saturated rings. The van der Waals surface area contributed by atoms with Gasteiger partial charge in [0.2, 0.25) is 0 Å². The van der Waals surface area contributed by atoms with Crippen LogP contribution in [0.3, 0.4) is 0 Å². The predicted molar refractivity (Wildman–Crippen MR) is 98.1 cm³/mol. The van der Waals surface area contributed by atoms with Crippen LogP contribution in [0, 0.1) is 5.92 Å². The summed E-state index contributed by atoms with van der Waals surface area (Å²) >= 11 is 0. The molecule has 146 valence electrons. The lowest BCUT2D eigenvalue weighted by Gasteiger charge is -2.34. The molecule has 3 nitrogen and oxygen atoms in total. The van der Waals surface area contributed by atoms with Crippen molar-refractivity contribution in [1.29, 1.82) is 0 Å². The first-order chi connectivity index (χ1) is 12.7. The summed E-state index contributed by atoms with van der Waals surface area (Å²) in [5.74, 6) is -1.28. The van der Waals surface area contributed by atoms with Gasteiger partial charge >= 0.3 is 6.18 Å². The summed E-state index contributed by atoms with van der Waals surface area (Å²) in [6.45, 7) is 1.72. The number of carbonyl (C=O) groups is 1. The molecule has 0 radical (unpaired) electrons. The Bertz CT molecular complexity index is 809. The maximum atomic E-state index is 14.0. The molecule has 1 saturated carbocycles. The lowest BCUT2D eigenvalue weighted by atomic mass is 9.83. The molecule has 2 aromatic rings. The molecule has 0 saturated heterocycles. The lowest BCUT2D eigenvalue weighted by molar-refractivity contribution is -0.256. The zero-order valence-corrected chi connectivity index (χ0v) is 15.2. The maximum Gasteiger partial charge on any atom is 0.430 e. The predicted octanol–water partition coefficient (Wildman–Crippen LogP) is 4.67. The third-order valence-corrected chi connectivity index (χ3v) is 5.63. The highest BCUT2D eigenvalue weighted by atomic mass is 19.4. The van der Waals surface area contributed by atoms with E-state index in [4.69, 9.17) is 0 Å². The molecule has 2 N–H and O–H groups in total. The van der Waals surface area contributed by atoms with E-state index in [1.807, 2.05) is 0 Å². The minimum absolute atomic E-state index is 0.132. The summed E-state index contributed by atoms with van der Waals surface area (Å²) in [4.78, 5) is 12.7. The Balaban J connectivity index is 1.98. The van der Waals surface area contributed by atoms with E-state index in [-0.39, 0.29) is 11.3 Å². The van der Waals surface area contributed by atoms with Crippen molar-refractivity contribution >= 4 is 16.7 Å². The molecule has 2 aromatic carbocycles. The second kappa shape index (κ2) is 7.50. The van der Waals surface area contributed by atoms with Crippen LogP contribution in [0.5, 0.6) is 0 Å². The lowest BCUT2D eigenvalue weighted by Crippen LogP contribution is -2.57. The van der Waals surface area contributed by atoms with Gasteiger partial charge in [-0.1, -0.05) is 61.7 Å². The molecule has 0 aromatic heterocycles. The van der Waals surface area contributed by atoms with Gasteiger partial charge in [-0.25, -0.2) is 0 Å². The first-order valence-electron chi connectivity index (χ1n) is 9.33. The van der Waals surface area contributed by atoms with Gasteiger partial charge in [-0.2, -0.15) is 13.2 Å².